The molecule has 70 valence electrons. The minimum Gasteiger partial charge on any atom is -0.392 e. The lowest BCUT2D eigenvalue weighted by Gasteiger charge is -2.07. The van der Waals surface area contributed by atoms with E-state index in [0.717, 1.165) is 24.0 Å². The van der Waals surface area contributed by atoms with Gasteiger partial charge in [-0.2, -0.15) is 0 Å². The van der Waals surface area contributed by atoms with Crippen LogP contribution < -0.4 is 0 Å². The third-order valence-corrected chi connectivity index (χ3v) is 2.23. The molecule has 1 aliphatic carbocycles. The highest BCUT2D eigenvalue weighted by molar-refractivity contribution is 5.42. The predicted molar refractivity (Wildman–Crippen MR) is 56.4 cm³/mol. The molecule has 0 saturated carbocycles. The van der Waals surface area contributed by atoms with Gasteiger partial charge in [0.2, 0.25) is 0 Å². The van der Waals surface area contributed by atoms with E-state index in [1.807, 2.05) is 12.2 Å². The lowest BCUT2D eigenvalue weighted by atomic mass is 10.0. The van der Waals surface area contributed by atoms with Crippen LogP contribution in [0.2, 0.25) is 0 Å². The van der Waals surface area contributed by atoms with Gasteiger partial charge in [0.1, 0.15) is 0 Å². The summed E-state index contributed by atoms with van der Waals surface area (Å²) in [4.78, 5) is 0. The van der Waals surface area contributed by atoms with Gasteiger partial charge < -0.3 is 5.11 Å². The van der Waals surface area contributed by atoms with Gasteiger partial charge >= 0.3 is 0 Å². The molecule has 1 aliphatic rings. The fourth-order valence-electron chi connectivity index (χ4n) is 1.29. The first-order chi connectivity index (χ1) is 6.27. The Morgan fingerprint density at radius 3 is 2.77 bits per heavy atom. The van der Waals surface area contributed by atoms with E-state index in [0.29, 0.717) is 0 Å². The number of hydrogen-bond donors (Lipinski definition) is 1. The molecule has 0 amide bonds. The normalized spacial score (nSPS) is 17.5. The van der Waals surface area contributed by atoms with Gasteiger partial charge in [-0.3, -0.25) is 0 Å². The number of aliphatic hydroxyl groups excluding tert-OH is 1. The summed E-state index contributed by atoms with van der Waals surface area (Å²) in [5.74, 6) is 0. The van der Waals surface area contributed by atoms with Gasteiger partial charge in [0.25, 0.3) is 0 Å². The summed E-state index contributed by atoms with van der Waals surface area (Å²) in [6, 6.07) is 0. The number of rotatable bonds is 2. The van der Waals surface area contributed by atoms with Crippen molar-refractivity contribution in [1.29, 1.82) is 0 Å². The smallest absolute Gasteiger partial charge is 0.0684 e. The van der Waals surface area contributed by atoms with E-state index in [2.05, 4.69) is 25.7 Å². The molecule has 0 saturated heterocycles. The van der Waals surface area contributed by atoms with Crippen LogP contribution in [0, 0.1) is 0 Å². The van der Waals surface area contributed by atoms with Crippen molar-refractivity contribution in [2.24, 2.45) is 0 Å². The Kier molecular flexibility index (Phi) is 3.71. The van der Waals surface area contributed by atoms with Gasteiger partial charge in [0, 0.05) is 0 Å². The van der Waals surface area contributed by atoms with Crippen molar-refractivity contribution in [3.05, 3.63) is 47.6 Å². The maximum absolute atomic E-state index is 9.02. The second-order valence-corrected chi connectivity index (χ2v) is 3.11. The van der Waals surface area contributed by atoms with Crippen molar-refractivity contribution in [2.75, 3.05) is 6.61 Å². The van der Waals surface area contributed by atoms with Crippen molar-refractivity contribution < 1.29 is 5.11 Å². The molecule has 0 unspecified atom stereocenters. The molecular weight excluding hydrogens is 160 g/mol. The predicted octanol–water partition coefficient (Wildman–Crippen LogP) is 2.76. The van der Waals surface area contributed by atoms with Crippen molar-refractivity contribution in [1.82, 2.24) is 0 Å². The SMILES string of the molecule is C=C1C=CC(CC)=CCC=C1CO. The highest BCUT2D eigenvalue weighted by atomic mass is 16.3. The molecule has 1 nitrogen and oxygen atoms in total. The van der Waals surface area contributed by atoms with Crippen LogP contribution in [0.4, 0.5) is 0 Å². The first kappa shape index (κ1) is 10.0. The van der Waals surface area contributed by atoms with Crippen LogP contribution in [-0.4, -0.2) is 11.7 Å². The van der Waals surface area contributed by atoms with E-state index in [1.54, 1.807) is 0 Å². The quantitative estimate of drug-likeness (QED) is 0.686. The largest absolute Gasteiger partial charge is 0.392 e. The summed E-state index contributed by atoms with van der Waals surface area (Å²) in [5, 5.41) is 9.02. The molecule has 13 heavy (non-hydrogen) atoms. The van der Waals surface area contributed by atoms with Gasteiger partial charge in [-0.25, -0.2) is 0 Å². The molecule has 0 heterocycles. The topological polar surface area (TPSA) is 20.2 Å². The zero-order valence-corrected chi connectivity index (χ0v) is 8.09. The molecule has 1 N–H and O–H groups in total. The maximum atomic E-state index is 9.02. The van der Waals surface area contributed by atoms with Crippen molar-refractivity contribution in [3.63, 3.8) is 0 Å². The average Bonchev–Trinajstić information content (AvgIpc) is 2.13. The standard InChI is InChI=1S/C12H16O/c1-3-11-5-4-6-12(9-13)10(2)7-8-11/h5-8,13H,2-4,9H2,1H3. The van der Waals surface area contributed by atoms with Crippen LogP contribution in [0.3, 0.4) is 0 Å². The zero-order valence-electron chi connectivity index (χ0n) is 8.09. The number of aliphatic hydroxyl groups is 1. The molecular formula is C12H16O. The summed E-state index contributed by atoms with van der Waals surface area (Å²) in [6.45, 7) is 6.11. The highest BCUT2D eigenvalue weighted by Crippen LogP contribution is 2.16. The van der Waals surface area contributed by atoms with Crippen LogP contribution in [0.5, 0.6) is 0 Å². The van der Waals surface area contributed by atoms with Crippen molar-refractivity contribution >= 4 is 0 Å². The monoisotopic (exact) mass is 176 g/mol. The first-order valence-corrected chi connectivity index (χ1v) is 4.64. The van der Waals surface area contributed by atoms with Crippen molar-refractivity contribution in [2.45, 2.75) is 19.8 Å². The third-order valence-electron chi connectivity index (χ3n) is 2.23. The van der Waals surface area contributed by atoms with Crippen LogP contribution in [-0.2, 0) is 0 Å². The highest BCUT2D eigenvalue weighted by Gasteiger charge is 2.00. The van der Waals surface area contributed by atoms with Crippen LogP contribution in [0.1, 0.15) is 19.8 Å². The molecule has 1 rings (SSSR count). The van der Waals surface area contributed by atoms with Crippen LogP contribution in [0.25, 0.3) is 0 Å². The fraction of sp³-hybridized carbons (Fsp3) is 0.333. The lowest BCUT2D eigenvalue weighted by molar-refractivity contribution is 0.333. The number of allylic oxidation sites excluding steroid dienone is 5. The van der Waals surface area contributed by atoms with E-state index >= 15 is 0 Å². The molecule has 0 radical (unpaired) electrons. The van der Waals surface area contributed by atoms with E-state index in [9.17, 15) is 0 Å². The molecule has 0 aromatic rings. The molecule has 1 heteroatoms. The van der Waals surface area contributed by atoms with Gasteiger partial charge in [-0.05, 0) is 24.0 Å². The summed E-state index contributed by atoms with van der Waals surface area (Å²) in [6.07, 6.45) is 10.2. The van der Waals surface area contributed by atoms with Gasteiger partial charge in [-0.15, -0.1) is 0 Å². The average molecular weight is 176 g/mol. The van der Waals surface area contributed by atoms with E-state index < -0.39 is 0 Å². The Hall–Kier alpha value is -1.08. The molecule has 0 fully saturated rings. The number of hydrogen-bond acceptors (Lipinski definition) is 1. The summed E-state index contributed by atoms with van der Waals surface area (Å²) < 4.78 is 0. The van der Waals surface area contributed by atoms with Gasteiger partial charge in [0.05, 0.1) is 6.61 Å². The summed E-state index contributed by atoms with van der Waals surface area (Å²) in [7, 11) is 0. The molecule has 0 atom stereocenters. The second kappa shape index (κ2) is 4.83. The van der Waals surface area contributed by atoms with E-state index in [-0.39, 0.29) is 6.61 Å². The minimum atomic E-state index is 0.0818. The van der Waals surface area contributed by atoms with Crippen molar-refractivity contribution in [3.8, 4) is 0 Å². The Balaban J connectivity index is 2.87. The molecule has 0 aromatic heterocycles. The van der Waals surface area contributed by atoms with Crippen LogP contribution in [0.15, 0.2) is 47.6 Å². The minimum absolute atomic E-state index is 0.0818. The fourth-order valence-corrected chi connectivity index (χ4v) is 1.29. The van der Waals surface area contributed by atoms with Gasteiger partial charge in [-0.1, -0.05) is 43.4 Å². The lowest BCUT2D eigenvalue weighted by Crippen LogP contribution is -1.94. The molecule has 0 bridgehead atoms. The molecule has 0 aliphatic heterocycles. The van der Waals surface area contributed by atoms with Gasteiger partial charge in [0.15, 0.2) is 0 Å². The van der Waals surface area contributed by atoms with E-state index in [4.69, 9.17) is 5.11 Å². The first-order valence-electron chi connectivity index (χ1n) is 4.64. The van der Waals surface area contributed by atoms with Crippen LogP contribution >= 0.6 is 0 Å². The Morgan fingerprint density at radius 1 is 1.38 bits per heavy atom. The third kappa shape index (κ3) is 2.71. The summed E-state index contributed by atoms with van der Waals surface area (Å²) in [5.41, 5.74) is 3.18. The summed E-state index contributed by atoms with van der Waals surface area (Å²) >= 11 is 0. The Labute approximate surface area is 79.8 Å². The molecule has 0 aromatic carbocycles. The Bertz CT molecular complexity index is 279. The Morgan fingerprint density at radius 2 is 2.15 bits per heavy atom. The van der Waals surface area contributed by atoms with E-state index in [1.165, 1.54) is 5.57 Å². The second-order valence-electron chi connectivity index (χ2n) is 3.11. The molecule has 0 spiro atoms. The zero-order chi connectivity index (χ0) is 9.68. The maximum Gasteiger partial charge on any atom is 0.0684 e.